The molecule has 1 atom stereocenters. The molecule has 26 heavy (non-hydrogen) atoms. The van der Waals surface area contributed by atoms with Crippen molar-refractivity contribution in [1.29, 1.82) is 0 Å². The molecule has 1 fully saturated rings. The van der Waals surface area contributed by atoms with Crippen LogP contribution in [0.5, 0.6) is 5.75 Å². The highest BCUT2D eigenvalue weighted by Gasteiger charge is 2.26. The van der Waals surface area contributed by atoms with Gasteiger partial charge in [-0.3, -0.25) is 9.69 Å². The fraction of sp³-hybridized carbons (Fsp3) is 0.350. The summed E-state index contributed by atoms with van der Waals surface area (Å²) in [5, 5.41) is 4.30. The highest BCUT2D eigenvalue weighted by Crippen LogP contribution is 2.26. The molecule has 2 aromatic carbocycles. The van der Waals surface area contributed by atoms with Crippen LogP contribution in [-0.2, 0) is 11.3 Å². The van der Waals surface area contributed by atoms with Crippen molar-refractivity contribution in [2.75, 3.05) is 25.5 Å². The molecule has 2 aromatic rings. The number of amides is 1. The lowest BCUT2D eigenvalue weighted by Crippen LogP contribution is -2.40. The monoisotopic (exact) mass is 392 g/mol. The summed E-state index contributed by atoms with van der Waals surface area (Å²) < 4.78 is 5.20. The molecule has 0 saturated carbocycles. The number of ether oxygens (including phenoxy) is 1. The molecule has 6 heteroatoms. The molecule has 1 aliphatic rings. The van der Waals surface area contributed by atoms with E-state index >= 15 is 0 Å². The van der Waals surface area contributed by atoms with Gasteiger partial charge < -0.3 is 10.1 Å². The van der Waals surface area contributed by atoms with Gasteiger partial charge in [0.15, 0.2) is 0 Å². The molecule has 0 spiro atoms. The summed E-state index contributed by atoms with van der Waals surface area (Å²) in [6, 6.07) is 13.0. The van der Waals surface area contributed by atoms with Crippen LogP contribution in [0.1, 0.15) is 18.4 Å². The van der Waals surface area contributed by atoms with Gasteiger partial charge in [0, 0.05) is 34.9 Å². The average molecular weight is 393 g/mol. The molecule has 0 bridgehead atoms. The average Bonchev–Trinajstić information content (AvgIpc) is 2.64. The van der Waals surface area contributed by atoms with Crippen LogP contribution in [0.3, 0.4) is 0 Å². The number of hydrogen-bond acceptors (Lipinski definition) is 3. The van der Waals surface area contributed by atoms with Gasteiger partial charge in [-0.1, -0.05) is 35.3 Å². The lowest BCUT2D eigenvalue weighted by molar-refractivity contribution is -0.121. The van der Waals surface area contributed by atoms with E-state index in [1.807, 2.05) is 36.4 Å². The van der Waals surface area contributed by atoms with Gasteiger partial charge in [-0.25, -0.2) is 0 Å². The van der Waals surface area contributed by atoms with E-state index in [9.17, 15) is 4.79 Å². The van der Waals surface area contributed by atoms with E-state index in [4.69, 9.17) is 27.9 Å². The van der Waals surface area contributed by atoms with Crippen LogP contribution in [0.15, 0.2) is 42.5 Å². The summed E-state index contributed by atoms with van der Waals surface area (Å²) >= 11 is 12.2. The summed E-state index contributed by atoms with van der Waals surface area (Å²) in [6.45, 7) is 2.40. The number of benzene rings is 2. The Morgan fingerprint density at radius 2 is 2.12 bits per heavy atom. The van der Waals surface area contributed by atoms with Gasteiger partial charge in [-0.15, -0.1) is 0 Å². The Morgan fingerprint density at radius 3 is 2.88 bits per heavy atom. The summed E-state index contributed by atoms with van der Waals surface area (Å²) in [5.74, 6) is 0.733. The van der Waals surface area contributed by atoms with Crippen LogP contribution in [0.25, 0.3) is 0 Å². The molecule has 1 amide bonds. The van der Waals surface area contributed by atoms with Crippen LogP contribution >= 0.6 is 23.2 Å². The number of hydrogen-bond donors (Lipinski definition) is 1. The highest BCUT2D eigenvalue weighted by molar-refractivity contribution is 6.35. The van der Waals surface area contributed by atoms with Gasteiger partial charge >= 0.3 is 0 Å². The molecule has 0 aliphatic carbocycles. The summed E-state index contributed by atoms with van der Waals surface area (Å²) in [6.07, 6.45) is 1.88. The topological polar surface area (TPSA) is 41.6 Å². The number of halogens is 2. The molecule has 0 radical (unpaired) electrons. The number of methoxy groups -OCH3 is 1. The fourth-order valence-electron chi connectivity index (χ4n) is 3.25. The maximum absolute atomic E-state index is 12.7. The second-order valence-electron chi connectivity index (χ2n) is 6.53. The van der Waals surface area contributed by atoms with Crippen LogP contribution in [0, 0.1) is 5.92 Å². The molecule has 1 aliphatic heterocycles. The quantitative estimate of drug-likeness (QED) is 0.790. The molecule has 138 valence electrons. The standard InChI is InChI=1S/C20H22Cl2N2O2/c1-26-18-6-2-5-17(11-18)23-20(25)15-4-3-9-24(13-15)12-14-7-8-16(21)10-19(14)22/h2,5-8,10-11,15H,3-4,9,12-13H2,1H3,(H,23,25)/t15-/m0/s1. The zero-order valence-electron chi connectivity index (χ0n) is 14.7. The van der Waals surface area contributed by atoms with E-state index in [0.29, 0.717) is 10.0 Å². The smallest absolute Gasteiger partial charge is 0.228 e. The number of piperidine rings is 1. The van der Waals surface area contributed by atoms with Gasteiger partial charge in [0.05, 0.1) is 13.0 Å². The third kappa shape index (κ3) is 4.91. The van der Waals surface area contributed by atoms with Gasteiger partial charge in [0.1, 0.15) is 5.75 Å². The zero-order chi connectivity index (χ0) is 18.5. The predicted octanol–water partition coefficient (Wildman–Crippen LogP) is 4.85. The fourth-order valence-corrected chi connectivity index (χ4v) is 3.72. The Morgan fingerprint density at radius 1 is 1.27 bits per heavy atom. The van der Waals surface area contributed by atoms with Crippen molar-refractivity contribution < 1.29 is 9.53 Å². The van der Waals surface area contributed by atoms with E-state index < -0.39 is 0 Å². The van der Waals surface area contributed by atoms with Crippen molar-refractivity contribution in [3.63, 3.8) is 0 Å². The Bertz CT molecular complexity index is 782. The first-order valence-electron chi connectivity index (χ1n) is 8.66. The van der Waals surface area contributed by atoms with Gasteiger partial charge in [0.25, 0.3) is 0 Å². The van der Waals surface area contributed by atoms with Gasteiger partial charge in [-0.05, 0) is 49.2 Å². The van der Waals surface area contributed by atoms with Crippen molar-refractivity contribution in [3.05, 3.63) is 58.1 Å². The summed E-state index contributed by atoms with van der Waals surface area (Å²) in [7, 11) is 1.61. The number of carbonyl (C=O) groups excluding carboxylic acids is 1. The van der Waals surface area contributed by atoms with E-state index in [-0.39, 0.29) is 11.8 Å². The minimum absolute atomic E-state index is 0.0407. The molecule has 1 N–H and O–H groups in total. The lowest BCUT2D eigenvalue weighted by atomic mass is 9.96. The molecule has 0 aromatic heterocycles. The first-order valence-corrected chi connectivity index (χ1v) is 9.42. The van der Waals surface area contributed by atoms with Crippen LogP contribution < -0.4 is 10.1 Å². The molecule has 4 nitrogen and oxygen atoms in total. The molecular formula is C20H22Cl2N2O2. The maximum Gasteiger partial charge on any atom is 0.228 e. The van der Waals surface area contributed by atoms with E-state index in [0.717, 1.165) is 49.5 Å². The summed E-state index contributed by atoms with van der Waals surface area (Å²) in [5.41, 5.74) is 1.79. The first-order chi connectivity index (χ1) is 12.5. The van der Waals surface area contributed by atoms with Crippen molar-refractivity contribution >= 4 is 34.8 Å². The largest absolute Gasteiger partial charge is 0.497 e. The lowest BCUT2D eigenvalue weighted by Gasteiger charge is -2.32. The Kier molecular flexibility index (Phi) is 6.41. The van der Waals surface area contributed by atoms with Gasteiger partial charge in [0.2, 0.25) is 5.91 Å². The van der Waals surface area contributed by atoms with E-state index in [2.05, 4.69) is 10.2 Å². The van der Waals surface area contributed by atoms with Crippen molar-refractivity contribution in [2.24, 2.45) is 5.92 Å². The van der Waals surface area contributed by atoms with Crippen LogP contribution in [-0.4, -0.2) is 31.0 Å². The Balaban J connectivity index is 1.61. The predicted molar refractivity (Wildman–Crippen MR) is 106 cm³/mol. The third-order valence-electron chi connectivity index (χ3n) is 4.62. The molecule has 0 unspecified atom stereocenters. The normalized spacial score (nSPS) is 17.7. The number of rotatable bonds is 5. The zero-order valence-corrected chi connectivity index (χ0v) is 16.2. The molecular weight excluding hydrogens is 371 g/mol. The molecule has 1 saturated heterocycles. The number of likely N-dealkylation sites (tertiary alicyclic amines) is 1. The third-order valence-corrected chi connectivity index (χ3v) is 5.21. The van der Waals surface area contributed by atoms with Crippen molar-refractivity contribution in [1.82, 2.24) is 4.90 Å². The van der Waals surface area contributed by atoms with Gasteiger partial charge in [-0.2, -0.15) is 0 Å². The van der Waals surface area contributed by atoms with Crippen molar-refractivity contribution in [2.45, 2.75) is 19.4 Å². The molecule has 1 heterocycles. The first kappa shape index (κ1) is 19.0. The number of nitrogens with zero attached hydrogens (tertiary/aromatic N) is 1. The molecule has 3 rings (SSSR count). The van der Waals surface area contributed by atoms with Crippen molar-refractivity contribution in [3.8, 4) is 5.75 Å². The number of carbonyl (C=O) groups is 1. The van der Waals surface area contributed by atoms with Crippen LogP contribution in [0.4, 0.5) is 5.69 Å². The Hall–Kier alpha value is -1.75. The second kappa shape index (κ2) is 8.76. The summed E-state index contributed by atoms with van der Waals surface area (Å²) in [4.78, 5) is 14.9. The van der Waals surface area contributed by atoms with Crippen LogP contribution in [0.2, 0.25) is 10.0 Å². The van der Waals surface area contributed by atoms with E-state index in [1.165, 1.54) is 0 Å². The number of anilines is 1. The SMILES string of the molecule is COc1cccc(NC(=O)[C@H]2CCCN(Cc3ccc(Cl)cc3Cl)C2)c1. The minimum atomic E-state index is -0.0407. The maximum atomic E-state index is 12.7. The number of nitrogens with one attached hydrogen (secondary N) is 1. The second-order valence-corrected chi connectivity index (χ2v) is 7.37. The minimum Gasteiger partial charge on any atom is -0.497 e. The highest BCUT2D eigenvalue weighted by atomic mass is 35.5. The Labute approximate surface area is 164 Å². The van der Waals surface area contributed by atoms with E-state index in [1.54, 1.807) is 13.2 Å².